The van der Waals surface area contributed by atoms with Crippen LogP contribution in [-0.2, 0) is 24.3 Å². The van der Waals surface area contributed by atoms with Crippen LogP contribution >= 0.6 is 0 Å². The highest BCUT2D eigenvalue weighted by molar-refractivity contribution is 7.89. The number of methoxy groups -OCH3 is 1. The van der Waals surface area contributed by atoms with E-state index in [0.717, 1.165) is 26.2 Å². The molecule has 0 aliphatic carbocycles. The molecule has 3 saturated heterocycles. The van der Waals surface area contributed by atoms with Crippen LogP contribution in [0.1, 0.15) is 24.0 Å². The second kappa shape index (κ2) is 11.7. The number of likely N-dealkylation sites (tertiary alicyclic amines) is 1. The first kappa shape index (κ1) is 27.3. The summed E-state index contributed by atoms with van der Waals surface area (Å²) in [4.78, 5) is 19.9. The Balaban J connectivity index is 1.35. The molecule has 0 aromatic heterocycles. The normalized spacial score (nSPS) is 23.7. The van der Waals surface area contributed by atoms with Gasteiger partial charge in [0.05, 0.1) is 25.2 Å². The highest BCUT2D eigenvalue weighted by Crippen LogP contribution is 2.30. The number of amides is 1. The van der Waals surface area contributed by atoms with E-state index in [1.54, 1.807) is 33.1 Å². The van der Waals surface area contributed by atoms with Crippen LogP contribution in [-0.4, -0.2) is 125 Å². The third kappa shape index (κ3) is 6.03. The molecule has 1 amide bonds. The molecule has 1 aromatic carbocycles. The Labute approximate surface area is 215 Å². The number of piperazine rings is 1. The molecule has 0 spiro atoms. The lowest BCUT2D eigenvalue weighted by Gasteiger charge is -2.42. The van der Waals surface area contributed by atoms with Crippen molar-refractivity contribution in [2.75, 3.05) is 79.8 Å². The Bertz CT molecular complexity index is 996. The number of rotatable bonds is 7. The number of hydrogen-bond acceptors (Lipinski definition) is 8. The van der Waals surface area contributed by atoms with Crippen molar-refractivity contribution in [3.8, 4) is 5.75 Å². The summed E-state index contributed by atoms with van der Waals surface area (Å²) in [6.07, 6.45) is 1.49. The molecular weight excluding hydrogens is 484 g/mol. The van der Waals surface area contributed by atoms with E-state index in [-0.39, 0.29) is 37.2 Å². The summed E-state index contributed by atoms with van der Waals surface area (Å²) in [6.45, 7) is 9.18. The van der Waals surface area contributed by atoms with E-state index in [0.29, 0.717) is 36.0 Å². The molecule has 0 N–H and O–H groups in total. The fraction of sp³-hybridized carbons (Fsp3) is 0.720. The van der Waals surface area contributed by atoms with Crippen molar-refractivity contribution < 1.29 is 27.4 Å². The van der Waals surface area contributed by atoms with E-state index in [9.17, 15) is 13.2 Å². The van der Waals surface area contributed by atoms with Crippen LogP contribution < -0.4 is 4.74 Å². The van der Waals surface area contributed by atoms with E-state index in [2.05, 4.69) is 16.8 Å². The van der Waals surface area contributed by atoms with Gasteiger partial charge in [-0.2, -0.15) is 4.31 Å². The molecule has 3 fully saturated rings. The lowest BCUT2D eigenvalue weighted by molar-refractivity contribution is -0.151. The summed E-state index contributed by atoms with van der Waals surface area (Å²) in [5.41, 5.74) is 1.21. The van der Waals surface area contributed by atoms with Crippen molar-refractivity contribution in [1.29, 1.82) is 0 Å². The van der Waals surface area contributed by atoms with Crippen LogP contribution in [0.25, 0.3) is 0 Å². The molecule has 0 bridgehead atoms. The van der Waals surface area contributed by atoms with E-state index in [1.807, 2.05) is 4.90 Å². The van der Waals surface area contributed by atoms with Crippen molar-refractivity contribution in [2.45, 2.75) is 43.9 Å². The number of sulfonamides is 1. The number of morpholine rings is 1. The molecular formula is C25H40N4O6S. The molecule has 1 atom stereocenters. The predicted molar refractivity (Wildman–Crippen MR) is 136 cm³/mol. The molecule has 0 radical (unpaired) electrons. The first-order chi connectivity index (χ1) is 17.2. The highest BCUT2D eigenvalue weighted by Gasteiger charge is 2.37. The third-order valence-corrected chi connectivity index (χ3v) is 9.74. The first-order valence-corrected chi connectivity index (χ1v) is 14.2. The van der Waals surface area contributed by atoms with Gasteiger partial charge in [-0.15, -0.1) is 0 Å². The number of carbonyl (C=O) groups excluding carboxylic acids is 1. The number of piperidine rings is 1. The molecule has 36 heavy (non-hydrogen) atoms. The maximum Gasteiger partial charge on any atom is 0.248 e. The zero-order valence-electron chi connectivity index (χ0n) is 21.9. The topological polar surface area (TPSA) is 91.9 Å². The second-order valence-electron chi connectivity index (χ2n) is 10.00. The van der Waals surface area contributed by atoms with Crippen LogP contribution in [0, 0.1) is 13.8 Å². The van der Waals surface area contributed by atoms with Gasteiger partial charge in [-0.1, -0.05) is 0 Å². The van der Waals surface area contributed by atoms with Gasteiger partial charge in [0.15, 0.2) is 0 Å². The van der Waals surface area contributed by atoms with Crippen molar-refractivity contribution in [3.63, 3.8) is 0 Å². The lowest BCUT2D eigenvalue weighted by Crippen LogP contribution is -2.55. The fourth-order valence-corrected chi connectivity index (χ4v) is 7.39. The molecule has 3 heterocycles. The van der Waals surface area contributed by atoms with E-state index < -0.39 is 16.3 Å². The van der Waals surface area contributed by atoms with Gasteiger partial charge in [-0.05, 0) is 70.1 Å². The van der Waals surface area contributed by atoms with Crippen molar-refractivity contribution in [3.05, 3.63) is 23.3 Å². The number of aryl methyl sites for hydroxylation is 2. The Kier molecular flexibility index (Phi) is 8.90. The minimum absolute atomic E-state index is 0.0880. The molecule has 202 valence electrons. The van der Waals surface area contributed by atoms with Gasteiger partial charge < -0.3 is 24.0 Å². The maximum absolute atomic E-state index is 13.6. The largest absolute Gasteiger partial charge is 0.497 e. The van der Waals surface area contributed by atoms with Crippen LogP contribution in [0.2, 0.25) is 0 Å². The van der Waals surface area contributed by atoms with Gasteiger partial charge in [-0.3, -0.25) is 9.69 Å². The Morgan fingerprint density at radius 1 is 1.03 bits per heavy atom. The van der Waals surface area contributed by atoms with E-state index in [4.69, 9.17) is 14.2 Å². The number of ether oxygens (including phenoxy) is 3. The standard InChI is InChI=1S/C25H40N4O6S/c1-19-15-22(33-4)16-20(2)25(19)36(31,32)29-13-14-34-18-24(29)35-17-23(30)28-11-9-27(10-12-28)21-5-7-26(3)8-6-21/h15-16,21,24H,5-14,17-18H2,1-4H3. The zero-order valence-corrected chi connectivity index (χ0v) is 22.8. The van der Waals surface area contributed by atoms with Gasteiger partial charge in [0.1, 0.15) is 18.6 Å². The number of nitrogens with zero attached hydrogens (tertiary/aromatic N) is 4. The molecule has 1 aromatic rings. The smallest absolute Gasteiger partial charge is 0.248 e. The second-order valence-corrected chi connectivity index (χ2v) is 11.8. The molecule has 3 aliphatic heterocycles. The number of carbonyl (C=O) groups is 1. The molecule has 3 aliphatic rings. The summed E-state index contributed by atoms with van der Waals surface area (Å²) in [5, 5.41) is 0. The molecule has 4 rings (SSSR count). The van der Waals surface area contributed by atoms with E-state index in [1.165, 1.54) is 17.1 Å². The van der Waals surface area contributed by atoms with Crippen molar-refractivity contribution >= 4 is 15.9 Å². The summed E-state index contributed by atoms with van der Waals surface area (Å²) in [5.74, 6) is 0.498. The van der Waals surface area contributed by atoms with Crippen LogP contribution in [0.4, 0.5) is 0 Å². The summed E-state index contributed by atoms with van der Waals surface area (Å²) < 4.78 is 45.3. The first-order valence-electron chi connectivity index (χ1n) is 12.8. The highest BCUT2D eigenvalue weighted by atomic mass is 32.2. The van der Waals surface area contributed by atoms with Gasteiger partial charge in [0.25, 0.3) is 0 Å². The predicted octanol–water partition coefficient (Wildman–Crippen LogP) is 0.914. The Hall–Kier alpha value is -1.76. The van der Waals surface area contributed by atoms with Crippen LogP contribution in [0.3, 0.4) is 0 Å². The zero-order chi connectivity index (χ0) is 25.9. The van der Waals surface area contributed by atoms with Gasteiger partial charge in [-0.25, -0.2) is 8.42 Å². The van der Waals surface area contributed by atoms with Crippen LogP contribution in [0.15, 0.2) is 17.0 Å². The summed E-state index contributed by atoms with van der Waals surface area (Å²) in [6, 6.07) is 4.02. The van der Waals surface area contributed by atoms with Gasteiger partial charge in [0.2, 0.25) is 15.9 Å². The molecule has 0 saturated carbocycles. The van der Waals surface area contributed by atoms with Gasteiger partial charge in [0, 0.05) is 38.8 Å². The number of benzene rings is 1. The monoisotopic (exact) mass is 524 g/mol. The summed E-state index contributed by atoms with van der Waals surface area (Å²) >= 11 is 0. The minimum atomic E-state index is -3.86. The SMILES string of the molecule is COc1cc(C)c(S(=O)(=O)N2CCOCC2OCC(=O)N2CCN(C3CCN(C)CC3)CC2)c(C)c1. The third-order valence-electron chi connectivity index (χ3n) is 7.54. The Morgan fingerprint density at radius 2 is 1.67 bits per heavy atom. The van der Waals surface area contributed by atoms with Crippen molar-refractivity contribution in [2.24, 2.45) is 0 Å². The number of hydrogen-bond donors (Lipinski definition) is 0. The minimum Gasteiger partial charge on any atom is -0.497 e. The van der Waals surface area contributed by atoms with E-state index >= 15 is 0 Å². The van der Waals surface area contributed by atoms with Gasteiger partial charge >= 0.3 is 0 Å². The molecule has 10 nitrogen and oxygen atoms in total. The molecule has 1 unspecified atom stereocenters. The average molecular weight is 525 g/mol. The average Bonchev–Trinajstić information content (AvgIpc) is 2.87. The Morgan fingerprint density at radius 3 is 2.28 bits per heavy atom. The lowest BCUT2D eigenvalue weighted by atomic mass is 10.0. The quantitative estimate of drug-likeness (QED) is 0.520. The molecule has 11 heteroatoms. The maximum atomic E-state index is 13.6. The van der Waals surface area contributed by atoms with Crippen molar-refractivity contribution in [1.82, 2.24) is 19.0 Å². The fourth-order valence-electron chi connectivity index (χ4n) is 5.48. The van der Waals surface area contributed by atoms with Crippen LogP contribution in [0.5, 0.6) is 5.75 Å². The summed E-state index contributed by atoms with van der Waals surface area (Å²) in [7, 11) is -0.138.